The van der Waals surface area contributed by atoms with Crippen LogP contribution in [-0.2, 0) is 13.3 Å². The predicted octanol–water partition coefficient (Wildman–Crippen LogP) is 3.01. The molecule has 3 nitrogen and oxygen atoms in total. The molecule has 98 valence electrons. The zero-order valence-corrected chi connectivity index (χ0v) is 12.5. The van der Waals surface area contributed by atoms with Crippen LogP contribution >= 0.6 is 0 Å². The van der Waals surface area contributed by atoms with Crippen molar-refractivity contribution in [3.63, 3.8) is 0 Å². The van der Waals surface area contributed by atoms with Gasteiger partial charge in [-0.25, -0.2) is 0 Å². The Labute approximate surface area is 102 Å². The molecule has 0 rings (SSSR count). The van der Waals surface area contributed by atoms with Gasteiger partial charge in [0.15, 0.2) is 0 Å². The van der Waals surface area contributed by atoms with Gasteiger partial charge in [0.25, 0.3) is 0 Å². The molecule has 0 heterocycles. The third-order valence-electron chi connectivity index (χ3n) is 2.62. The average Bonchev–Trinajstić information content (AvgIpc) is 2.30. The molecular weight excluding hydrogens is 220 g/mol. The summed E-state index contributed by atoms with van der Waals surface area (Å²) in [4.78, 5) is 0. The van der Waals surface area contributed by atoms with Gasteiger partial charge in [0.1, 0.15) is 0 Å². The summed E-state index contributed by atoms with van der Waals surface area (Å²) >= 11 is 0. The smallest absolute Gasteiger partial charge is 0.376 e. The first-order chi connectivity index (χ1) is 7.78. The van der Waals surface area contributed by atoms with Crippen LogP contribution in [-0.4, -0.2) is 29.3 Å². The van der Waals surface area contributed by atoms with Crippen molar-refractivity contribution in [2.24, 2.45) is 5.92 Å². The van der Waals surface area contributed by atoms with E-state index >= 15 is 0 Å². The number of hydrogen-bond acceptors (Lipinski definition) is 3. The molecule has 0 N–H and O–H groups in total. The zero-order valence-electron chi connectivity index (χ0n) is 11.3. The van der Waals surface area contributed by atoms with E-state index in [-0.39, 0.29) is 0 Å². The van der Waals surface area contributed by atoms with E-state index in [1.165, 1.54) is 25.7 Å². The monoisotopic (exact) mass is 248 g/mol. The Kier molecular flexibility index (Phi) is 11.6. The van der Waals surface area contributed by atoms with Gasteiger partial charge in [-0.15, -0.1) is 0 Å². The third-order valence-corrected chi connectivity index (χ3v) is 4.29. The highest BCUT2D eigenvalue weighted by Crippen LogP contribution is 2.13. The first-order valence-electron chi connectivity index (χ1n) is 6.63. The summed E-state index contributed by atoms with van der Waals surface area (Å²) in [5.41, 5.74) is 0. The summed E-state index contributed by atoms with van der Waals surface area (Å²) in [6, 6.07) is 0. The second kappa shape index (κ2) is 11.6. The van der Waals surface area contributed by atoms with E-state index in [0.717, 1.165) is 6.61 Å². The lowest BCUT2D eigenvalue weighted by molar-refractivity contribution is 0.0848. The number of hydrogen-bond donors (Lipinski definition) is 0. The standard InChI is InChI=1S/C12H28O3Si/c1-5-9-10-12(6-2)11-15-16(13-7-3)14-8-4/h12,16H,5-11H2,1-4H3. The fraction of sp³-hybridized carbons (Fsp3) is 1.00. The molecule has 1 unspecified atom stereocenters. The van der Waals surface area contributed by atoms with Crippen molar-refractivity contribution in [2.45, 2.75) is 53.4 Å². The van der Waals surface area contributed by atoms with Crippen LogP contribution in [0.1, 0.15) is 53.4 Å². The van der Waals surface area contributed by atoms with Crippen molar-refractivity contribution >= 4 is 9.53 Å². The number of unbranched alkanes of at least 4 members (excludes halogenated alkanes) is 1. The van der Waals surface area contributed by atoms with Gasteiger partial charge in [-0.1, -0.05) is 33.1 Å². The van der Waals surface area contributed by atoms with Crippen LogP contribution < -0.4 is 0 Å². The summed E-state index contributed by atoms with van der Waals surface area (Å²) in [6.45, 7) is 10.6. The molecule has 4 heteroatoms. The largest absolute Gasteiger partial charge is 0.484 e. The predicted molar refractivity (Wildman–Crippen MR) is 69.7 cm³/mol. The third kappa shape index (κ3) is 8.27. The highest BCUT2D eigenvalue weighted by atomic mass is 28.3. The topological polar surface area (TPSA) is 27.7 Å². The molecule has 0 aliphatic carbocycles. The summed E-state index contributed by atoms with van der Waals surface area (Å²) in [6.07, 6.45) is 4.98. The van der Waals surface area contributed by atoms with Crippen LogP contribution in [0.25, 0.3) is 0 Å². The lowest BCUT2D eigenvalue weighted by Crippen LogP contribution is -2.29. The minimum absolute atomic E-state index is 0.663. The van der Waals surface area contributed by atoms with Gasteiger partial charge in [-0.05, 0) is 26.2 Å². The second-order valence-corrected chi connectivity index (χ2v) is 5.53. The van der Waals surface area contributed by atoms with Gasteiger partial charge in [0, 0.05) is 19.8 Å². The van der Waals surface area contributed by atoms with E-state index in [1.807, 2.05) is 13.8 Å². The number of rotatable bonds is 11. The van der Waals surface area contributed by atoms with Gasteiger partial charge < -0.3 is 13.3 Å². The van der Waals surface area contributed by atoms with Crippen molar-refractivity contribution in [3.05, 3.63) is 0 Å². The summed E-state index contributed by atoms with van der Waals surface area (Å²) < 4.78 is 16.7. The molecule has 0 aromatic rings. The van der Waals surface area contributed by atoms with Gasteiger partial charge in [-0.2, -0.15) is 0 Å². The highest BCUT2D eigenvalue weighted by molar-refractivity contribution is 6.36. The van der Waals surface area contributed by atoms with E-state index in [0.29, 0.717) is 19.1 Å². The lowest BCUT2D eigenvalue weighted by Gasteiger charge is -2.19. The van der Waals surface area contributed by atoms with E-state index in [9.17, 15) is 0 Å². The van der Waals surface area contributed by atoms with Crippen molar-refractivity contribution in [3.8, 4) is 0 Å². The Hall–Kier alpha value is 0.0969. The van der Waals surface area contributed by atoms with Crippen molar-refractivity contribution in [1.82, 2.24) is 0 Å². The van der Waals surface area contributed by atoms with Gasteiger partial charge in [0.05, 0.1) is 0 Å². The van der Waals surface area contributed by atoms with Crippen LogP contribution in [0.15, 0.2) is 0 Å². The normalized spacial score (nSPS) is 13.3. The Morgan fingerprint density at radius 1 is 0.938 bits per heavy atom. The maximum absolute atomic E-state index is 5.77. The molecule has 0 spiro atoms. The van der Waals surface area contributed by atoms with Crippen LogP contribution in [0.3, 0.4) is 0 Å². The van der Waals surface area contributed by atoms with Gasteiger partial charge in [0.2, 0.25) is 0 Å². The summed E-state index contributed by atoms with van der Waals surface area (Å²) in [5, 5.41) is 0. The second-order valence-electron chi connectivity index (χ2n) is 3.95. The van der Waals surface area contributed by atoms with E-state index < -0.39 is 9.53 Å². The fourth-order valence-corrected chi connectivity index (χ4v) is 2.79. The SMILES string of the molecule is CCCCC(CC)CO[SiH](OCC)OCC. The molecule has 1 atom stereocenters. The Morgan fingerprint density at radius 2 is 1.56 bits per heavy atom. The van der Waals surface area contributed by atoms with Crippen LogP contribution in [0.5, 0.6) is 0 Å². The minimum Gasteiger partial charge on any atom is -0.376 e. The molecule has 0 fully saturated rings. The quantitative estimate of drug-likeness (QED) is 0.526. The first-order valence-corrected chi connectivity index (χ1v) is 8.04. The van der Waals surface area contributed by atoms with Crippen molar-refractivity contribution in [1.29, 1.82) is 0 Å². The highest BCUT2D eigenvalue weighted by Gasteiger charge is 2.16. The van der Waals surface area contributed by atoms with E-state index in [2.05, 4.69) is 13.8 Å². The van der Waals surface area contributed by atoms with Crippen LogP contribution in [0.4, 0.5) is 0 Å². The lowest BCUT2D eigenvalue weighted by atomic mass is 10.0. The maximum Gasteiger partial charge on any atom is 0.484 e. The average molecular weight is 248 g/mol. The van der Waals surface area contributed by atoms with E-state index in [4.69, 9.17) is 13.3 Å². The summed E-state index contributed by atoms with van der Waals surface area (Å²) in [7, 11) is -1.84. The molecule has 0 aliphatic heterocycles. The minimum atomic E-state index is -1.84. The Bertz CT molecular complexity index is 138. The maximum atomic E-state index is 5.77. The van der Waals surface area contributed by atoms with Crippen molar-refractivity contribution in [2.75, 3.05) is 19.8 Å². The molecule has 16 heavy (non-hydrogen) atoms. The molecule has 0 amide bonds. The molecule has 0 saturated carbocycles. The van der Waals surface area contributed by atoms with Gasteiger partial charge in [-0.3, -0.25) is 0 Å². The van der Waals surface area contributed by atoms with Gasteiger partial charge >= 0.3 is 9.53 Å². The van der Waals surface area contributed by atoms with Crippen molar-refractivity contribution < 1.29 is 13.3 Å². The summed E-state index contributed by atoms with van der Waals surface area (Å²) in [5.74, 6) is 0.663. The fourth-order valence-electron chi connectivity index (χ4n) is 1.53. The zero-order chi connectivity index (χ0) is 12.2. The molecule has 0 bridgehead atoms. The van der Waals surface area contributed by atoms with Crippen LogP contribution in [0.2, 0.25) is 0 Å². The Balaban J connectivity index is 3.76. The molecular formula is C12H28O3Si. The van der Waals surface area contributed by atoms with Crippen LogP contribution in [0, 0.1) is 5.92 Å². The molecule has 0 radical (unpaired) electrons. The molecule has 0 aromatic heterocycles. The Morgan fingerprint density at radius 3 is 2.00 bits per heavy atom. The molecule has 0 saturated heterocycles. The first kappa shape index (κ1) is 16.1. The van der Waals surface area contributed by atoms with E-state index in [1.54, 1.807) is 0 Å². The molecule has 0 aliphatic rings. The molecule has 0 aromatic carbocycles.